The van der Waals surface area contributed by atoms with Crippen molar-refractivity contribution in [2.75, 3.05) is 6.54 Å². The molecule has 0 aliphatic carbocycles. The molecule has 1 N–H and O–H groups in total. The first-order valence-corrected chi connectivity index (χ1v) is 5.52. The number of aryl methyl sites for hydroxylation is 1. The fraction of sp³-hybridized carbons (Fsp3) is 0.333. The second-order valence-corrected chi connectivity index (χ2v) is 4.60. The van der Waals surface area contributed by atoms with Gasteiger partial charge in [-0.1, -0.05) is 46.8 Å². The van der Waals surface area contributed by atoms with Gasteiger partial charge < -0.3 is 5.32 Å². The van der Waals surface area contributed by atoms with Crippen LogP contribution in [0.2, 0.25) is 0 Å². The summed E-state index contributed by atoms with van der Waals surface area (Å²) in [5.74, 6) is 0. The molecule has 0 heterocycles. The van der Waals surface area contributed by atoms with Crippen LogP contribution in [0.3, 0.4) is 0 Å². The Hall–Kier alpha value is -0.600. The Balaban J connectivity index is 2.65. The van der Waals surface area contributed by atoms with Gasteiger partial charge in [0.25, 0.3) is 0 Å². The molecule has 2 heteroatoms. The number of halogens is 1. The number of hydrogen-bond donors (Lipinski definition) is 1. The Kier molecular flexibility index (Phi) is 4.36. The molecule has 1 nitrogen and oxygen atoms in total. The summed E-state index contributed by atoms with van der Waals surface area (Å²) in [6.45, 7) is 8.90. The first-order chi connectivity index (χ1) is 6.61. The Morgan fingerprint density at radius 1 is 1.50 bits per heavy atom. The molecule has 0 unspecified atom stereocenters. The molecule has 0 aliphatic heterocycles. The van der Waals surface area contributed by atoms with E-state index in [1.807, 2.05) is 0 Å². The van der Waals surface area contributed by atoms with E-state index in [0.717, 1.165) is 11.0 Å². The van der Waals surface area contributed by atoms with Gasteiger partial charge in [0, 0.05) is 17.1 Å². The zero-order valence-corrected chi connectivity index (χ0v) is 10.3. The summed E-state index contributed by atoms with van der Waals surface area (Å²) in [5, 5.41) is 3.39. The number of rotatable bonds is 4. The van der Waals surface area contributed by atoms with Crippen molar-refractivity contribution in [1.82, 2.24) is 5.32 Å². The molecular formula is C12H16BrN. The van der Waals surface area contributed by atoms with Crippen LogP contribution in [0.5, 0.6) is 0 Å². The second-order valence-electron chi connectivity index (χ2n) is 3.48. The predicted octanol–water partition coefficient (Wildman–Crippen LogP) is 3.55. The van der Waals surface area contributed by atoms with Crippen molar-refractivity contribution in [3.8, 4) is 0 Å². The topological polar surface area (TPSA) is 12.0 Å². The molecule has 14 heavy (non-hydrogen) atoms. The molecule has 76 valence electrons. The van der Waals surface area contributed by atoms with Crippen LogP contribution >= 0.6 is 15.9 Å². The summed E-state index contributed by atoms with van der Waals surface area (Å²) in [6.07, 6.45) is 0. The molecule has 1 aromatic carbocycles. The summed E-state index contributed by atoms with van der Waals surface area (Å²) in [6, 6.07) is 8.80. The van der Waals surface area contributed by atoms with Gasteiger partial charge in [0.2, 0.25) is 0 Å². The standard InChI is InChI=1S/C12H16BrN/c1-9-6-4-5-7-12(9)11(3)14-8-10(2)13/h4-7,11,14H,2,8H2,1,3H3/t11-/m1/s1. The van der Waals surface area contributed by atoms with Crippen molar-refractivity contribution in [3.05, 3.63) is 46.5 Å². The van der Waals surface area contributed by atoms with E-state index in [2.05, 4.69) is 65.9 Å². The minimum atomic E-state index is 0.366. The summed E-state index contributed by atoms with van der Waals surface area (Å²) in [7, 11) is 0. The van der Waals surface area contributed by atoms with Crippen molar-refractivity contribution < 1.29 is 0 Å². The van der Waals surface area contributed by atoms with E-state index in [4.69, 9.17) is 0 Å². The zero-order chi connectivity index (χ0) is 10.6. The Morgan fingerprint density at radius 3 is 2.71 bits per heavy atom. The first kappa shape index (κ1) is 11.5. The lowest BCUT2D eigenvalue weighted by molar-refractivity contribution is 0.612. The van der Waals surface area contributed by atoms with Gasteiger partial charge in [0.15, 0.2) is 0 Å². The van der Waals surface area contributed by atoms with Crippen molar-refractivity contribution >= 4 is 15.9 Å². The van der Waals surface area contributed by atoms with Gasteiger partial charge in [-0.25, -0.2) is 0 Å². The molecule has 0 radical (unpaired) electrons. The summed E-state index contributed by atoms with van der Waals surface area (Å²) < 4.78 is 0.984. The van der Waals surface area contributed by atoms with E-state index in [-0.39, 0.29) is 0 Å². The van der Waals surface area contributed by atoms with E-state index in [1.54, 1.807) is 0 Å². The maximum atomic E-state index is 3.80. The number of hydrogen-bond acceptors (Lipinski definition) is 1. The maximum absolute atomic E-state index is 3.80. The summed E-state index contributed by atoms with van der Waals surface area (Å²) in [5.41, 5.74) is 2.67. The largest absolute Gasteiger partial charge is 0.306 e. The van der Waals surface area contributed by atoms with Crippen LogP contribution in [0.4, 0.5) is 0 Å². The van der Waals surface area contributed by atoms with Crippen molar-refractivity contribution in [1.29, 1.82) is 0 Å². The molecule has 0 amide bonds. The van der Waals surface area contributed by atoms with Crippen LogP contribution in [-0.4, -0.2) is 6.54 Å². The normalized spacial score (nSPS) is 12.5. The fourth-order valence-corrected chi connectivity index (χ4v) is 1.61. The van der Waals surface area contributed by atoms with Crippen molar-refractivity contribution in [3.63, 3.8) is 0 Å². The molecule has 0 aromatic heterocycles. The summed E-state index contributed by atoms with van der Waals surface area (Å²) in [4.78, 5) is 0. The molecule has 1 aromatic rings. The Labute approximate surface area is 94.3 Å². The van der Waals surface area contributed by atoms with E-state index < -0.39 is 0 Å². The zero-order valence-electron chi connectivity index (χ0n) is 8.68. The van der Waals surface area contributed by atoms with Crippen LogP contribution in [-0.2, 0) is 0 Å². The van der Waals surface area contributed by atoms with E-state index in [1.165, 1.54) is 11.1 Å². The number of benzene rings is 1. The van der Waals surface area contributed by atoms with Gasteiger partial charge in [0.1, 0.15) is 0 Å². The minimum absolute atomic E-state index is 0.366. The molecule has 0 fully saturated rings. The van der Waals surface area contributed by atoms with Gasteiger partial charge in [0.05, 0.1) is 0 Å². The van der Waals surface area contributed by atoms with Crippen LogP contribution < -0.4 is 5.32 Å². The van der Waals surface area contributed by atoms with Crippen LogP contribution in [0.25, 0.3) is 0 Å². The van der Waals surface area contributed by atoms with Crippen LogP contribution in [0, 0.1) is 6.92 Å². The fourth-order valence-electron chi connectivity index (χ4n) is 1.45. The van der Waals surface area contributed by atoms with Crippen LogP contribution in [0.15, 0.2) is 35.3 Å². The SMILES string of the molecule is C=C(Br)CN[C@H](C)c1ccccc1C. The molecule has 0 bridgehead atoms. The van der Waals surface area contributed by atoms with Crippen molar-refractivity contribution in [2.45, 2.75) is 19.9 Å². The third-order valence-corrected chi connectivity index (χ3v) is 2.54. The second kappa shape index (κ2) is 5.32. The highest BCUT2D eigenvalue weighted by atomic mass is 79.9. The minimum Gasteiger partial charge on any atom is -0.306 e. The smallest absolute Gasteiger partial charge is 0.0297 e. The molecule has 1 rings (SSSR count). The Bertz CT molecular complexity index is 320. The monoisotopic (exact) mass is 253 g/mol. The van der Waals surface area contributed by atoms with Gasteiger partial charge in [-0.3, -0.25) is 0 Å². The maximum Gasteiger partial charge on any atom is 0.0297 e. The Morgan fingerprint density at radius 2 is 2.14 bits per heavy atom. The third kappa shape index (κ3) is 3.28. The lowest BCUT2D eigenvalue weighted by Gasteiger charge is -2.15. The van der Waals surface area contributed by atoms with Crippen molar-refractivity contribution in [2.24, 2.45) is 0 Å². The third-order valence-electron chi connectivity index (χ3n) is 2.26. The van der Waals surface area contributed by atoms with Gasteiger partial charge in [-0.05, 0) is 25.0 Å². The van der Waals surface area contributed by atoms with Gasteiger partial charge >= 0.3 is 0 Å². The van der Waals surface area contributed by atoms with Gasteiger partial charge in [-0.15, -0.1) is 0 Å². The average Bonchev–Trinajstić information content (AvgIpc) is 2.15. The van der Waals surface area contributed by atoms with E-state index >= 15 is 0 Å². The number of nitrogens with one attached hydrogen (secondary N) is 1. The lowest BCUT2D eigenvalue weighted by atomic mass is 10.0. The molecule has 1 atom stereocenters. The highest BCUT2D eigenvalue weighted by Crippen LogP contribution is 2.16. The molecule has 0 aliphatic rings. The van der Waals surface area contributed by atoms with Gasteiger partial charge in [-0.2, -0.15) is 0 Å². The lowest BCUT2D eigenvalue weighted by Crippen LogP contribution is -2.20. The highest BCUT2D eigenvalue weighted by Gasteiger charge is 2.06. The van der Waals surface area contributed by atoms with E-state index in [0.29, 0.717) is 6.04 Å². The molecule has 0 spiro atoms. The molecular weight excluding hydrogens is 238 g/mol. The summed E-state index contributed by atoms with van der Waals surface area (Å²) >= 11 is 3.34. The predicted molar refractivity (Wildman–Crippen MR) is 65.7 cm³/mol. The van der Waals surface area contributed by atoms with E-state index in [9.17, 15) is 0 Å². The average molecular weight is 254 g/mol. The molecule has 0 saturated carbocycles. The first-order valence-electron chi connectivity index (χ1n) is 4.73. The van der Waals surface area contributed by atoms with Crippen LogP contribution in [0.1, 0.15) is 24.1 Å². The highest BCUT2D eigenvalue weighted by molar-refractivity contribution is 9.11. The molecule has 0 saturated heterocycles. The quantitative estimate of drug-likeness (QED) is 0.866.